The largest absolute Gasteiger partial charge is 0.399 e. The molecule has 2 aromatic rings. The van der Waals surface area contributed by atoms with E-state index in [1.165, 1.54) is 0 Å². The summed E-state index contributed by atoms with van der Waals surface area (Å²) in [7, 11) is 0. The van der Waals surface area contributed by atoms with Gasteiger partial charge in [-0.1, -0.05) is 6.07 Å². The topological polar surface area (TPSA) is 80.0 Å². The molecule has 1 unspecified atom stereocenters. The summed E-state index contributed by atoms with van der Waals surface area (Å²) in [6.07, 6.45) is 1.75. The van der Waals surface area contributed by atoms with Crippen molar-refractivity contribution >= 4 is 17.3 Å². The van der Waals surface area contributed by atoms with E-state index in [9.17, 15) is 4.79 Å². The second kappa shape index (κ2) is 6.74. The number of anilines is 2. The number of rotatable bonds is 5. The molecule has 4 N–H and O–H groups in total. The third-order valence-corrected chi connectivity index (χ3v) is 3.13. The number of amides is 1. The smallest absolute Gasteiger partial charge is 0.253 e. The van der Waals surface area contributed by atoms with Gasteiger partial charge in [0, 0.05) is 24.1 Å². The molecule has 0 aliphatic carbocycles. The van der Waals surface area contributed by atoms with E-state index in [1.807, 2.05) is 32.0 Å². The van der Waals surface area contributed by atoms with E-state index in [-0.39, 0.29) is 11.9 Å². The Kier molecular flexibility index (Phi) is 4.77. The van der Waals surface area contributed by atoms with Gasteiger partial charge in [-0.2, -0.15) is 0 Å². The molecule has 0 radical (unpaired) electrons. The molecule has 0 spiro atoms. The van der Waals surface area contributed by atoms with Crippen LogP contribution in [-0.4, -0.2) is 17.4 Å². The van der Waals surface area contributed by atoms with Gasteiger partial charge in [-0.25, -0.2) is 0 Å². The molecule has 110 valence electrons. The minimum atomic E-state index is -0.117. The highest BCUT2D eigenvalue weighted by Gasteiger charge is 2.14. The van der Waals surface area contributed by atoms with Gasteiger partial charge in [0.1, 0.15) is 0 Å². The number of nitrogen functional groups attached to an aromatic ring is 1. The quantitative estimate of drug-likeness (QED) is 0.737. The van der Waals surface area contributed by atoms with Crippen LogP contribution in [0.4, 0.5) is 11.4 Å². The van der Waals surface area contributed by atoms with E-state index >= 15 is 0 Å². The van der Waals surface area contributed by atoms with Crippen LogP contribution in [0, 0.1) is 0 Å². The Balaban J connectivity index is 2.26. The molecule has 2 rings (SSSR count). The molecular weight excluding hydrogens is 264 g/mol. The van der Waals surface area contributed by atoms with Crippen LogP contribution in [0.1, 0.15) is 35.9 Å². The van der Waals surface area contributed by atoms with E-state index in [1.54, 1.807) is 24.4 Å². The maximum absolute atomic E-state index is 12.1. The molecule has 0 saturated carbocycles. The Morgan fingerprint density at radius 2 is 2.14 bits per heavy atom. The molecule has 0 aliphatic heterocycles. The number of benzene rings is 1. The van der Waals surface area contributed by atoms with Crippen molar-refractivity contribution in [3.05, 3.63) is 53.9 Å². The molecule has 5 heteroatoms. The number of nitrogens with zero attached hydrogens (tertiary/aromatic N) is 1. The second-order valence-corrected chi connectivity index (χ2v) is 4.79. The first-order chi connectivity index (χ1) is 10.1. The van der Waals surface area contributed by atoms with Gasteiger partial charge in [0.2, 0.25) is 0 Å². The van der Waals surface area contributed by atoms with Crippen LogP contribution in [0.15, 0.2) is 42.6 Å². The molecule has 1 aromatic carbocycles. The van der Waals surface area contributed by atoms with Crippen LogP contribution in [0.25, 0.3) is 0 Å². The van der Waals surface area contributed by atoms with Crippen LogP contribution >= 0.6 is 0 Å². The maximum Gasteiger partial charge on any atom is 0.253 e. The summed E-state index contributed by atoms with van der Waals surface area (Å²) in [5.74, 6) is -0.117. The molecule has 0 bridgehead atoms. The summed E-state index contributed by atoms with van der Waals surface area (Å²) >= 11 is 0. The number of nitrogens with two attached hydrogens (primary N) is 1. The zero-order valence-electron chi connectivity index (χ0n) is 12.3. The number of carbonyl (C=O) groups excluding carboxylic acids is 1. The lowest BCUT2D eigenvalue weighted by Crippen LogP contribution is -2.24. The van der Waals surface area contributed by atoms with Crippen molar-refractivity contribution in [3.63, 3.8) is 0 Å². The van der Waals surface area contributed by atoms with Gasteiger partial charge in [0.05, 0.1) is 17.3 Å². The second-order valence-electron chi connectivity index (χ2n) is 4.79. The van der Waals surface area contributed by atoms with Crippen LogP contribution < -0.4 is 16.4 Å². The highest BCUT2D eigenvalue weighted by molar-refractivity contribution is 6.00. The number of nitrogens with one attached hydrogen (secondary N) is 2. The van der Waals surface area contributed by atoms with Gasteiger partial charge in [0.25, 0.3) is 5.91 Å². The molecule has 1 atom stereocenters. The predicted molar refractivity (Wildman–Crippen MR) is 85.1 cm³/mol. The highest BCUT2D eigenvalue weighted by Crippen LogP contribution is 2.24. The summed E-state index contributed by atoms with van der Waals surface area (Å²) in [4.78, 5) is 16.4. The molecule has 0 saturated heterocycles. The van der Waals surface area contributed by atoms with Crippen molar-refractivity contribution in [2.24, 2.45) is 0 Å². The standard InChI is InChI=1S/C16H20N4O/c1-3-18-16(21)13-8-7-12(17)10-15(13)20-11(2)14-6-4-5-9-19-14/h4-11,20H,3,17H2,1-2H3,(H,18,21). The van der Waals surface area contributed by atoms with Gasteiger partial charge in [0.15, 0.2) is 0 Å². The first-order valence-corrected chi connectivity index (χ1v) is 6.97. The van der Waals surface area contributed by atoms with Crippen LogP contribution in [0.2, 0.25) is 0 Å². The van der Waals surface area contributed by atoms with E-state index in [0.29, 0.717) is 23.5 Å². The monoisotopic (exact) mass is 284 g/mol. The molecule has 1 aromatic heterocycles. The predicted octanol–water partition coefficient (Wildman–Crippen LogP) is 2.59. The molecular formula is C16H20N4O. The van der Waals surface area contributed by atoms with Crippen molar-refractivity contribution in [1.29, 1.82) is 0 Å². The first kappa shape index (κ1) is 14.8. The number of hydrogen-bond acceptors (Lipinski definition) is 4. The summed E-state index contributed by atoms with van der Waals surface area (Å²) in [5, 5.41) is 6.10. The van der Waals surface area contributed by atoms with E-state index in [4.69, 9.17) is 5.73 Å². The van der Waals surface area contributed by atoms with Crippen LogP contribution in [-0.2, 0) is 0 Å². The normalized spacial score (nSPS) is 11.7. The zero-order chi connectivity index (χ0) is 15.2. The molecule has 1 amide bonds. The number of pyridine rings is 1. The average molecular weight is 284 g/mol. The summed E-state index contributed by atoms with van der Waals surface area (Å²) in [6.45, 7) is 4.46. The molecule has 21 heavy (non-hydrogen) atoms. The van der Waals surface area contributed by atoms with E-state index in [2.05, 4.69) is 15.6 Å². The van der Waals surface area contributed by atoms with Gasteiger partial charge in [-0.3, -0.25) is 9.78 Å². The molecule has 0 fully saturated rings. The van der Waals surface area contributed by atoms with Gasteiger partial charge >= 0.3 is 0 Å². The maximum atomic E-state index is 12.1. The van der Waals surface area contributed by atoms with Gasteiger partial charge in [-0.05, 0) is 44.2 Å². The molecule has 5 nitrogen and oxygen atoms in total. The van der Waals surface area contributed by atoms with Crippen molar-refractivity contribution in [2.45, 2.75) is 19.9 Å². The summed E-state index contributed by atoms with van der Waals surface area (Å²) < 4.78 is 0. The fourth-order valence-corrected chi connectivity index (χ4v) is 2.07. The highest BCUT2D eigenvalue weighted by atomic mass is 16.1. The molecule has 1 heterocycles. The van der Waals surface area contributed by atoms with E-state index < -0.39 is 0 Å². The fourth-order valence-electron chi connectivity index (χ4n) is 2.07. The van der Waals surface area contributed by atoms with Gasteiger partial charge < -0.3 is 16.4 Å². The van der Waals surface area contributed by atoms with Crippen molar-refractivity contribution in [1.82, 2.24) is 10.3 Å². The number of carbonyl (C=O) groups is 1. The molecule has 0 aliphatic rings. The number of hydrogen-bond donors (Lipinski definition) is 3. The van der Waals surface area contributed by atoms with Crippen LogP contribution in [0.3, 0.4) is 0 Å². The van der Waals surface area contributed by atoms with Gasteiger partial charge in [-0.15, -0.1) is 0 Å². The Morgan fingerprint density at radius 1 is 1.33 bits per heavy atom. The minimum Gasteiger partial charge on any atom is -0.399 e. The Hall–Kier alpha value is -2.56. The van der Waals surface area contributed by atoms with Crippen molar-refractivity contribution < 1.29 is 4.79 Å². The Bertz CT molecular complexity index is 613. The first-order valence-electron chi connectivity index (χ1n) is 6.97. The lowest BCUT2D eigenvalue weighted by molar-refractivity contribution is 0.0956. The minimum absolute atomic E-state index is 0.0267. The third kappa shape index (κ3) is 3.72. The SMILES string of the molecule is CCNC(=O)c1ccc(N)cc1NC(C)c1ccccn1. The lowest BCUT2D eigenvalue weighted by atomic mass is 10.1. The van der Waals surface area contributed by atoms with Crippen LogP contribution in [0.5, 0.6) is 0 Å². The lowest BCUT2D eigenvalue weighted by Gasteiger charge is -2.18. The Morgan fingerprint density at radius 3 is 2.81 bits per heavy atom. The van der Waals surface area contributed by atoms with Crippen molar-refractivity contribution in [3.8, 4) is 0 Å². The average Bonchev–Trinajstić information content (AvgIpc) is 2.48. The van der Waals surface area contributed by atoms with Crippen molar-refractivity contribution in [2.75, 3.05) is 17.6 Å². The summed E-state index contributed by atoms with van der Waals surface area (Å²) in [6, 6.07) is 10.9. The number of aromatic nitrogens is 1. The van der Waals surface area contributed by atoms with E-state index in [0.717, 1.165) is 5.69 Å². The summed E-state index contributed by atoms with van der Waals surface area (Å²) in [5.41, 5.74) is 8.63. The fraction of sp³-hybridized carbons (Fsp3) is 0.250. The third-order valence-electron chi connectivity index (χ3n) is 3.13. The zero-order valence-corrected chi connectivity index (χ0v) is 12.3. The Labute approximate surface area is 124 Å².